The molecule has 13 nitrogen and oxygen atoms in total. The van der Waals surface area contributed by atoms with Crippen molar-refractivity contribution in [1.82, 2.24) is 20.0 Å². The summed E-state index contributed by atoms with van der Waals surface area (Å²) >= 11 is 0. The molecule has 13 heteroatoms. The van der Waals surface area contributed by atoms with Crippen molar-refractivity contribution >= 4 is 17.9 Å². The number of aliphatic hydroxyl groups excluding tert-OH is 3. The van der Waals surface area contributed by atoms with Gasteiger partial charge in [0.2, 0.25) is 0 Å². The Labute approximate surface area is 197 Å². The molecular formula is C21H31N4O9-3. The minimum absolute atomic E-state index is 0.0168. The number of carbonyl (C=O) groups is 3. The third-order valence-electron chi connectivity index (χ3n) is 6.12. The minimum Gasteiger partial charge on any atom is -0.548 e. The van der Waals surface area contributed by atoms with E-state index in [1.54, 1.807) is 25.2 Å². The number of hydrogen-bond donors (Lipinski definition) is 4. The second kappa shape index (κ2) is 12.2. The zero-order valence-corrected chi connectivity index (χ0v) is 19.0. The molecule has 0 aromatic heterocycles. The van der Waals surface area contributed by atoms with Crippen LogP contribution >= 0.6 is 0 Å². The van der Waals surface area contributed by atoms with Crippen LogP contribution < -0.4 is 20.6 Å². The second-order valence-corrected chi connectivity index (χ2v) is 8.62. The molecule has 0 aromatic rings. The van der Waals surface area contributed by atoms with Crippen molar-refractivity contribution in [2.75, 3.05) is 59.1 Å². The van der Waals surface area contributed by atoms with Crippen LogP contribution in [0.15, 0.2) is 23.9 Å². The van der Waals surface area contributed by atoms with E-state index >= 15 is 0 Å². The summed E-state index contributed by atoms with van der Waals surface area (Å²) in [7, 11) is 0. The van der Waals surface area contributed by atoms with Gasteiger partial charge in [0, 0.05) is 45.0 Å². The van der Waals surface area contributed by atoms with Crippen molar-refractivity contribution in [2.45, 2.75) is 30.6 Å². The van der Waals surface area contributed by atoms with Crippen molar-refractivity contribution in [3.63, 3.8) is 0 Å². The van der Waals surface area contributed by atoms with Crippen molar-refractivity contribution in [2.24, 2.45) is 0 Å². The molecule has 192 valence electrons. The van der Waals surface area contributed by atoms with Gasteiger partial charge in [-0.2, -0.15) is 0 Å². The third kappa shape index (κ3) is 6.98. The Balaban J connectivity index is 2.46. The van der Waals surface area contributed by atoms with Crippen LogP contribution in [0.3, 0.4) is 0 Å². The molecule has 34 heavy (non-hydrogen) atoms. The molecule has 0 aromatic carbocycles. The number of nitrogens with zero attached hydrogens (tertiary/aromatic N) is 3. The van der Waals surface area contributed by atoms with Crippen molar-refractivity contribution in [3.05, 3.63) is 23.9 Å². The highest BCUT2D eigenvalue weighted by Crippen LogP contribution is 2.20. The number of carbonyl (C=O) groups excluding carboxylic acids is 3. The Kier molecular flexibility index (Phi) is 9.97. The van der Waals surface area contributed by atoms with E-state index in [9.17, 15) is 45.0 Å². The van der Waals surface area contributed by atoms with E-state index in [0.29, 0.717) is 5.70 Å². The molecule has 4 unspecified atom stereocenters. The average molecular weight is 483 g/mol. The third-order valence-corrected chi connectivity index (χ3v) is 6.12. The summed E-state index contributed by atoms with van der Waals surface area (Å²) in [6.45, 7) is -0.496. The first-order chi connectivity index (χ1) is 16.0. The monoisotopic (exact) mass is 483 g/mol. The Morgan fingerprint density at radius 3 is 1.82 bits per heavy atom. The molecule has 0 saturated carbocycles. The van der Waals surface area contributed by atoms with E-state index in [0.717, 1.165) is 0 Å². The molecular weight excluding hydrogens is 452 g/mol. The Morgan fingerprint density at radius 2 is 1.32 bits per heavy atom. The van der Waals surface area contributed by atoms with Crippen LogP contribution in [0.4, 0.5) is 0 Å². The summed E-state index contributed by atoms with van der Waals surface area (Å²) in [6.07, 6.45) is 5.21. The van der Waals surface area contributed by atoms with Gasteiger partial charge in [-0.3, -0.25) is 14.7 Å². The van der Waals surface area contributed by atoms with Crippen molar-refractivity contribution < 1.29 is 45.0 Å². The number of fused-ring (bicyclic) bond motifs is 2. The van der Waals surface area contributed by atoms with Crippen molar-refractivity contribution in [1.29, 1.82) is 0 Å². The lowest BCUT2D eigenvalue weighted by Gasteiger charge is -2.44. The quantitative estimate of drug-likeness (QED) is 0.241. The number of aliphatic hydroxyl groups is 3. The van der Waals surface area contributed by atoms with Crippen LogP contribution in [0.2, 0.25) is 0 Å². The van der Waals surface area contributed by atoms with Crippen LogP contribution in [-0.2, 0) is 14.4 Å². The van der Waals surface area contributed by atoms with Gasteiger partial charge in [0.15, 0.2) is 0 Å². The van der Waals surface area contributed by atoms with Gasteiger partial charge in [0.1, 0.15) is 0 Å². The fourth-order valence-electron chi connectivity index (χ4n) is 4.30. The lowest BCUT2D eigenvalue weighted by atomic mass is 9.96. The SMILES string of the molecule is CC12C=CC=C(CN(C(CO)C(=O)[O-])CCN(C(CO)C(=O)[O-])CCN(C(CO)C(=O)[O-])C1)N2. The molecule has 0 amide bonds. The molecule has 2 aliphatic heterocycles. The number of hydrogen-bond acceptors (Lipinski definition) is 13. The fourth-order valence-corrected chi connectivity index (χ4v) is 4.30. The molecule has 0 spiro atoms. The summed E-state index contributed by atoms with van der Waals surface area (Å²) < 4.78 is 0. The van der Waals surface area contributed by atoms with Crippen LogP contribution in [0.5, 0.6) is 0 Å². The van der Waals surface area contributed by atoms with Crippen LogP contribution in [0.25, 0.3) is 0 Å². The summed E-state index contributed by atoms with van der Waals surface area (Å²) in [5, 5.41) is 67.1. The summed E-state index contributed by atoms with van der Waals surface area (Å²) in [6, 6.07) is -4.17. The molecule has 4 atom stereocenters. The standard InChI is InChI=1S/C21H34N4O9/c1-21-4-2-3-14(22-21)9-24(16(11-27)19(31)32)7-5-23(15(10-26)18(29)30)6-8-25(13-21)17(12-28)20(33)34/h2-4,15-17,22,26-28H,5-13H2,1H3,(H,29,30)(H,31,32)(H,33,34)/p-3. The van der Waals surface area contributed by atoms with E-state index in [-0.39, 0.29) is 39.3 Å². The van der Waals surface area contributed by atoms with Gasteiger partial charge in [-0.1, -0.05) is 12.2 Å². The molecule has 4 N–H and O–H groups in total. The van der Waals surface area contributed by atoms with Crippen LogP contribution in [0.1, 0.15) is 6.92 Å². The van der Waals surface area contributed by atoms with Gasteiger partial charge < -0.3 is 50.3 Å². The summed E-state index contributed by atoms with van der Waals surface area (Å²) in [5.41, 5.74) is -0.256. The maximum Gasteiger partial charge on any atom is 0.0731 e. The topological polar surface area (TPSA) is 203 Å². The predicted octanol–water partition coefficient (Wildman–Crippen LogP) is -6.96. The van der Waals surface area contributed by atoms with E-state index in [1.165, 1.54) is 14.7 Å². The molecule has 1 saturated heterocycles. The zero-order chi connectivity index (χ0) is 25.5. The number of nitrogens with one attached hydrogen (secondary N) is 1. The van der Waals surface area contributed by atoms with E-state index in [4.69, 9.17) is 0 Å². The van der Waals surface area contributed by atoms with E-state index < -0.39 is 61.4 Å². The van der Waals surface area contributed by atoms with Gasteiger partial charge in [0.25, 0.3) is 0 Å². The smallest absolute Gasteiger partial charge is 0.0731 e. The Bertz CT molecular complexity index is 805. The lowest BCUT2D eigenvalue weighted by Crippen LogP contribution is -2.62. The maximum atomic E-state index is 11.7. The van der Waals surface area contributed by atoms with Gasteiger partial charge in [-0.25, -0.2) is 0 Å². The number of allylic oxidation sites excluding steroid dienone is 2. The molecule has 0 radical (unpaired) electrons. The van der Waals surface area contributed by atoms with Crippen LogP contribution in [0, 0.1) is 0 Å². The molecule has 2 bridgehead atoms. The molecule has 2 aliphatic rings. The van der Waals surface area contributed by atoms with Gasteiger partial charge >= 0.3 is 0 Å². The average Bonchev–Trinajstić information content (AvgIpc) is 2.74. The first-order valence-corrected chi connectivity index (χ1v) is 10.9. The molecule has 0 aliphatic carbocycles. The highest BCUT2D eigenvalue weighted by atomic mass is 16.4. The van der Waals surface area contributed by atoms with E-state index in [2.05, 4.69) is 5.32 Å². The number of rotatable bonds is 9. The van der Waals surface area contributed by atoms with E-state index in [1.807, 2.05) is 0 Å². The normalized spacial score (nSPS) is 25.7. The predicted molar refractivity (Wildman–Crippen MR) is 111 cm³/mol. The molecule has 1 fully saturated rings. The second-order valence-electron chi connectivity index (χ2n) is 8.62. The van der Waals surface area contributed by atoms with Crippen molar-refractivity contribution in [3.8, 4) is 0 Å². The van der Waals surface area contributed by atoms with Gasteiger partial charge in [0.05, 0.1) is 61.4 Å². The van der Waals surface area contributed by atoms with Crippen LogP contribution in [-0.4, -0.2) is 131 Å². The largest absolute Gasteiger partial charge is 0.548 e. The summed E-state index contributed by atoms with van der Waals surface area (Å²) in [5.74, 6) is -4.55. The first kappa shape index (κ1) is 27.7. The lowest BCUT2D eigenvalue weighted by molar-refractivity contribution is -0.315. The highest BCUT2D eigenvalue weighted by Gasteiger charge is 2.33. The maximum absolute atomic E-state index is 11.7. The summed E-state index contributed by atoms with van der Waals surface area (Å²) in [4.78, 5) is 39.1. The number of dihydropyridines is 1. The minimum atomic E-state index is -1.55. The Morgan fingerprint density at radius 1 is 0.882 bits per heavy atom. The fraction of sp³-hybridized carbons (Fsp3) is 0.667. The highest BCUT2D eigenvalue weighted by molar-refractivity contribution is 5.72. The number of carboxylic acids is 3. The molecule has 2 rings (SSSR count). The zero-order valence-electron chi connectivity index (χ0n) is 19.0. The number of carboxylic acid groups (broad SMARTS) is 3. The molecule has 2 heterocycles. The Hall–Kier alpha value is -2.55. The first-order valence-electron chi connectivity index (χ1n) is 10.9. The van der Waals surface area contributed by atoms with Gasteiger partial charge in [-0.05, 0) is 13.0 Å². The van der Waals surface area contributed by atoms with Gasteiger partial charge in [-0.15, -0.1) is 0 Å². The number of aliphatic carboxylic acids is 3.